The van der Waals surface area contributed by atoms with Crippen LogP contribution in [0.5, 0.6) is 5.75 Å². The smallest absolute Gasteiger partial charge is 0.317 e. The summed E-state index contributed by atoms with van der Waals surface area (Å²) in [5, 5.41) is 3.97. The Balaban J connectivity index is 1.42. The molecule has 1 atom stereocenters. The molecule has 180 valence electrons. The van der Waals surface area contributed by atoms with Gasteiger partial charge in [0, 0.05) is 50.9 Å². The van der Waals surface area contributed by atoms with Crippen molar-refractivity contribution in [3.8, 4) is 17.1 Å². The van der Waals surface area contributed by atoms with E-state index < -0.39 is 0 Å². The third-order valence-electron chi connectivity index (χ3n) is 6.07. The number of oxazole rings is 1. The first kappa shape index (κ1) is 24.2. The highest BCUT2D eigenvalue weighted by molar-refractivity contribution is 6.42. The average molecular weight is 503 g/mol. The Morgan fingerprint density at radius 2 is 2.03 bits per heavy atom. The second-order valence-corrected chi connectivity index (χ2v) is 9.05. The van der Waals surface area contributed by atoms with Crippen molar-refractivity contribution < 1.29 is 13.9 Å². The molecule has 0 spiro atoms. The number of amides is 2. The summed E-state index contributed by atoms with van der Waals surface area (Å²) in [6.07, 6.45) is 2.61. The molecule has 9 heteroatoms. The molecule has 2 aromatic carbocycles. The van der Waals surface area contributed by atoms with E-state index in [1.165, 1.54) is 0 Å². The van der Waals surface area contributed by atoms with E-state index in [9.17, 15) is 4.79 Å². The molecule has 1 aliphatic rings. The molecule has 0 aliphatic carbocycles. The van der Waals surface area contributed by atoms with E-state index in [-0.39, 0.29) is 12.1 Å². The Labute approximate surface area is 209 Å². The number of halogens is 2. The van der Waals surface area contributed by atoms with Gasteiger partial charge >= 0.3 is 6.03 Å². The molecule has 0 saturated carbocycles. The quantitative estimate of drug-likeness (QED) is 0.462. The van der Waals surface area contributed by atoms with Gasteiger partial charge in [-0.15, -0.1) is 0 Å². The van der Waals surface area contributed by atoms with Gasteiger partial charge in [-0.05, 0) is 36.2 Å². The van der Waals surface area contributed by atoms with Crippen LogP contribution in [0.15, 0.2) is 47.0 Å². The van der Waals surface area contributed by atoms with Gasteiger partial charge in [0.15, 0.2) is 11.7 Å². The number of hydrogen-bond donors (Lipinski definition) is 1. The Bertz CT molecular complexity index is 1170. The van der Waals surface area contributed by atoms with Gasteiger partial charge in [0.25, 0.3) is 0 Å². The molecule has 2 heterocycles. The molecule has 3 aromatic rings. The molecular formula is C25H28Cl2N4O3. The molecule has 1 fully saturated rings. The Kier molecular flexibility index (Phi) is 7.54. The van der Waals surface area contributed by atoms with Crippen LogP contribution in [0.2, 0.25) is 10.0 Å². The first-order chi connectivity index (χ1) is 16.4. The maximum Gasteiger partial charge on any atom is 0.317 e. The summed E-state index contributed by atoms with van der Waals surface area (Å²) in [7, 11) is 1.65. The van der Waals surface area contributed by atoms with Gasteiger partial charge in [-0.25, -0.2) is 9.78 Å². The molecule has 0 radical (unpaired) electrons. The van der Waals surface area contributed by atoms with Crippen LogP contribution in [0.25, 0.3) is 11.3 Å². The van der Waals surface area contributed by atoms with Crippen molar-refractivity contribution >= 4 is 34.9 Å². The third kappa shape index (κ3) is 5.26. The van der Waals surface area contributed by atoms with Crippen LogP contribution >= 0.6 is 23.2 Å². The third-order valence-corrected chi connectivity index (χ3v) is 6.81. The van der Waals surface area contributed by atoms with Crippen LogP contribution in [0.1, 0.15) is 24.8 Å². The van der Waals surface area contributed by atoms with Crippen molar-refractivity contribution in [2.24, 2.45) is 0 Å². The fourth-order valence-electron chi connectivity index (χ4n) is 4.22. The van der Waals surface area contributed by atoms with E-state index in [4.69, 9.17) is 32.4 Å². The monoisotopic (exact) mass is 502 g/mol. The number of hydrogen-bond acceptors (Lipinski definition) is 5. The Morgan fingerprint density at radius 1 is 1.21 bits per heavy atom. The minimum atomic E-state index is -0.0854. The van der Waals surface area contributed by atoms with Crippen molar-refractivity contribution in [1.29, 1.82) is 0 Å². The maximum atomic E-state index is 12.8. The number of rotatable bonds is 6. The summed E-state index contributed by atoms with van der Waals surface area (Å²) in [4.78, 5) is 21.2. The second-order valence-electron chi connectivity index (χ2n) is 8.24. The van der Waals surface area contributed by atoms with E-state index in [1.54, 1.807) is 25.4 Å². The van der Waals surface area contributed by atoms with Crippen molar-refractivity contribution in [1.82, 2.24) is 15.2 Å². The standard InChI is InChI=1S/C25H28Cl2N4O3/c1-4-18-15-30(25(32)29-13-17-5-8-21(26)22(27)11-17)9-10-31(18)19-6-7-20(23(12-19)33-3)24-14-28-16(2)34-24/h5-8,11-12,14,18H,4,9-10,13,15H2,1-3H3,(H,29,32). The highest BCUT2D eigenvalue weighted by atomic mass is 35.5. The van der Waals surface area contributed by atoms with Gasteiger partial charge in [-0.1, -0.05) is 36.2 Å². The Hall–Kier alpha value is -2.90. The first-order valence-electron chi connectivity index (χ1n) is 11.2. The molecule has 1 N–H and O–H groups in total. The normalized spacial score (nSPS) is 16.0. The minimum absolute atomic E-state index is 0.0854. The molecule has 1 saturated heterocycles. The molecule has 4 rings (SSSR count). The number of methoxy groups -OCH3 is 1. The van der Waals surface area contributed by atoms with Gasteiger partial charge in [-0.3, -0.25) is 0 Å². The topological polar surface area (TPSA) is 70.8 Å². The fraction of sp³-hybridized carbons (Fsp3) is 0.360. The molecule has 7 nitrogen and oxygen atoms in total. The number of nitrogens with one attached hydrogen (secondary N) is 1. The van der Waals surface area contributed by atoms with Crippen LogP contribution in [-0.2, 0) is 6.54 Å². The van der Waals surface area contributed by atoms with Crippen molar-refractivity contribution in [3.63, 3.8) is 0 Å². The minimum Gasteiger partial charge on any atom is -0.496 e. The number of nitrogens with zero attached hydrogens (tertiary/aromatic N) is 3. The SMILES string of the molecule is CCC1CN(C(=O)NCc2ccc(Cl)c(Cl)c2)CCN1c1ccc(-c2cnc(C)o2)c(OC)c1. The largest absolute Gasteiger partial charge is 0.496 e. The number of carbonyl (C=O) groups excluding carboxylic acids is 1. The first-order valence-corrected chi connectivity index (χ1v) is 12.0. The number of urea groups is 1. The lowest BCUT2D eigenvalue weighted by molar-refractivity contribution is 0.183. The van der Waals surface area contributed by atoms with Crippen molar-refractivity contribution in [2.45, 2.75) is 32.9 Å². The van der Waals surface area contributed by atoms with E-state index in [0.717, 1.165) is 35.5 Å². The van der Waals surface area contributed by atoms with Crippen LogP contribution in [-0.4, -0.2) is 48.7 Å². The Morgan fingerprint density at radius 3 is 2.71 bits per heavy atom. The molecule has 34 heavy (non-hydrogen) atoms. The lowest BCUT2D eigenvalue weighted by Gasteiger charge is -2.42. The zero-order valence-corrected chi connectivity index (χ0v) is 21.0. The number of aromatic nitrogens is 1. The predicted octanol–water partition coefficient (Wildman–Crippen LogP) is 5.78. The fourth-order valence-corrected chi connectivity index (χ4v) is 4.54. The number of piperazine rings is 1. The lowest BCUT2D eigenvalue weighted by atomic mass is 10.1. The molecule has 1 unspecified atom stereocenters. The van der Waals surface area contributed by atoms with E-state index in [1.807, 2.05) is 30.0 Å². The molecule has 2 amide bonds. The predicted molar refractivity (Wildman–Crippen MR) is 135 cm³/mol. The zero-order chi connectivity index (χ0) is 24.2. The average Bonchev–Trinajstić information content (AvgIpc) is 3.29. The number of benzene rings is 2. The molecule has 1 aromatic heterocycles. The summed E-state index contributed by atoms with van der Waals surface area (Å²) in [6, 6.07) is 11.6. The second kappa shape index (κ2) is 10.6. The molecule has 1 aliphatic heterocycles. The maximum absolute atomic E-state index is 12.8. The summed E-state index contributed by atoms with van der Waals surface area (Å²) in [6.45, 7) is 6.33. The van der Waals surface area contributed by atoms with E-state index in [2.05, 4.69) is 28.2 Å². The van der Waals surface area contributed by atoms with Crippen LogP contribution < -0.4 is 15.0 Å². The van der Waals surface area contributed by atoms with Crippen molar-refractivity contribution in [3.05, 3.63) is 64.1 Å². The van der Waals surface area contributed by atoms with Crippen LogP contribution in [0.4, 0.5) is 10.5 Å². The summed E-state index contributed by atoms with van der Waals surface area (Å²) >= 11 is 12.1. The summed E-state index contributed by atoms with van der Waals surface area (Å²) in [5.41, 5.74) is 2.82. The summed E-state index contributed by atoms with van der Waals surface area (Å²) in [5.74, 6) is 2.02. The number of carbonyl (C=O) groups is 1. The number of ether oxygens (including phenoxy) is 1. The number of anilines is 1. The molecule has 0 bridgehead atoms. The van der Waals surface area contributed by atoms with Crippen LogP contribution in [0, 0.1) is 6.92 Å². The number of aryl methyl sites for hydroxylation is 1. The van der Waals surface area contributed by atoms with Gasteiger partial charge in [-0.2, -0.15) is 0 Å². The van der Waals surface area contributed by atoms with E-state index in [0.29, 0.717) is 41.3 Å². The summed E-state index contributed by atoms with van der Waals surface area (Å²) < 4.78 is 11.3. The highest BCUT2D eigenvalue weighted by Crippen LogP contribution is 2.35. The zero-order valence-electron chi connectivity index (χ0n) is 19.5. The molecular weight excluding hydrogens is 475 g/mol. The van der Waals surface area contributed by atoms with Gasteiger partial charge in [0.1, 0.15) is 5.75 Å². The van der Waals surface area contributed by atoms with Gasteiger partial charge in [0.2, 0.25) is 0 Å². The highest BCUT2D eigenvalue weighted by Gasteiger charge is 2.29. The van der Waals surface area contributed by atoms with Gasteiger partial charge in [0.05, 0.1) is 28.9 Å². The van der Waals surface area contributed by atoms with Crippen LogP contribution in [0.3, 0.4) is 0 Å². The van der Waals surface area contributed by atoms with Gasteiger partial charge < -0.3 is 24.3 Å². The lowest BCUT2D eigenvalue weighted by Crippen LogP contribution is -2.56. The van der Waals surface area contributed by atoms with Crippen molar-refractivity contribution in [2.75, 3.05) is 31.6 Å². The van der Waals surface area contributed by atoms with E-state index >= 15 is 0 Å².